The van der Waals surface area contributed by atoms with E-state index in [9.17, 15) is 36.3 Å². The third kappa shape index (κ3) is 8.88. The standard InChI is InChI=1S/C36H43F3N6O5S/c1-51(49,50)43-19-15-32-30(24-43)35(41-45(32)23-29(46)22-42-17-13-28(14-18-42)44-16-5-8-34(44)48)26-10-11-31(36(37,38)39)27(20-26)21-40-33(47)12-9-25-6-3-2-4-7-25/h2-4,6-7,9-12,20,28-29,46H,5,8,13-19,21-24H2,1H3,(H,40,47)/b12-9-. The Hall–Kier alpha value is -4.05. The average Bonchev–Trinajstić information content (AvgIpc) is 3.69. The number of rotatable bonds is 11. The van der Waals surface area contributed by atoms with Crippen molar-refractivity contribution < 1.29 is 36.3 Å². The van der Waals surface area contributed by atoms with Gasteiger partial charge in [0.2, 0.25) is 21.8 Å². The lowest BCUT2D eigenvalue weighted by Crippen LogP contribution is -2.47. The molecule has 3 aliphatic heterocycles. The van der Waals surface area contributed by atoms with Gasteiger partial charge < -0.3 is 20.2 Å². The summed E-state index contributed by atoms with van der Waals surface area (Å²) in [5.41, 5.74) is 1.64. The monoisotopic (exact) mass is 728 g/mol. The predicted molar refractivity (Wildman–Crippen MR) is 185 cm³/mol. The number of aliphatic hydroxyl groups is 1. The second-order valence-corrected chi connectivity index (χ2v) is 15.5. The number of carbonyl (C=O) groups excluding carboxylic acids is 2. The minimum absolute atomic E-state index is 0.0142. The van der Waals surface area contributed by atoms with E-state index < -0.39 is 40.3 Å². The fourth-order valence-corrected chi connectivity index (χ4v) is 8.08. The van der Waals surface area contributed by atoms with Gasteiger partial charge in [0.25, 0.3) is 0 Å². The van der Waals surface area contributed by atoms with E-state index in [4.69, 9.17) is 5.10 Å². The van der Waals surface area contributed by atoms with E-state index in [1.807, 2.05) is 11.0 Å². The zero-order valence-electron chi connectivity index (χ0n) is 28.5. The zero-order chi connectivity index (χ0) is 36.3. The van der Waals surface area contributed by atoms with Crippen molar-refractivity contribution in [1.82, 2.24) is 29.2 Å². The highest BCUT2D eigenvalue weighted by atomic mass is 32.2. The van der Waals surface area contributed by atoms with Crippen molar-refractivity contribution in [2.24, 2.45) is 0 Å². The Labute approximate surface area is 295 Å². The van der Waals surface area contributed by atoms with Crippen LogP contribution in [0.25, 0.3) is 17.3 Å². The van der Waals surface area contributed by atoms with E-state index in [0.717, 1.165) is 62.5 Å². The average molecular weight is 729 g/mol. The number of β-amino-alcohol motifs (C(OH)–C–C–N with tert-alkyl or cyclic N) is 1. The third-order valence-corrected chi connectivity index (χ3v) is 11.1. The minimum Gasteiger partial charge on any atom is -0.390 e. The number of carbonyl (C=O) groups is 2. The van der Waals surface area contributed by atoms with Crippen LogP contribution in [0.2, 0.25) is 0 Å². The molecule has 6 rings (SSSR count). The normalized spacial score (nSPS) is 18.8. The first-order valence-corrected chi connectivity index (χ1v) is 19.1. The van der Waals surface area contributed by atoms with Crippen LogP contribution in [0, 0.1) is 0 Å². The molecule has 15 heteroatoms. The Bertz CT molecular complexity index is 1870. The highest BCUT2D eigenvalue weighted by molar-refractivity contribution is 7.88. The second kappa shape index (κ2) is 15.3. The number of benzene rings is 2. The highest BCUT2D eigenvalue weighted by Crippen LogP contribution is 2.37. The fraction of sp³-hybridized carbons (Fsp3) is 0.472. The molecule has 0 spiro atoms. The van der Waals surface area contributed by atoms with Crippen LogP contribution < -0.4 is 5.32 Å². The SMILES string of the molecule is CS(=O)(=O)N1CCc2c(c(-c3ccc(C(F)(F)F)c(CNC(=O)/C=C\c4ccccc4)c3)nn2CC(O)CN2CCC(N3CCCC3=O)CC2)C1. The molecule has 51 heavy (non-hydrogen) atoms. The number of alkyl halides is 3. The van der Waals surface area contributed by atoms with Gasteiger partial charge in [-0.1, -0.05) is 36.4 Å². The van der Waals surface area contributed by atoms with Gasteiger partial charge in [0, 0.05) is 87.6 Å². The number of amides is 2. The quantitative estimate of drug-likeness (QED) is 0.289. The molecule has 2 amide bonds. The molecule has 4 heterocycles. The van der Waals surface area contributed by atoms with Crippen LogP contribution in [0.15, 0.2) is 54.6 Å². The summed E-state index contributed by atoms with van der Waals surface area (Å²) in [6, 6.07) is 12.8. The molecule has 0 radical (unpaired) electrons. The van der Waals surface area contributed by atoms with Crippen molar-refractivity contribution in [2.75, 3.05) is 39.0 Å². The Morgan fingerprint density at radius 2 is 1.80 bits per heavy atom. The number of aliphatic hydroxyl groups excluding tert-OH is 1. The molecule has 11 nitrogen and oxygen atoms in total. The van der Waals surface area contributed by atoms with Crippen LogP contribution in [0.5, 0.6) is 0 Å². The maximum absolute atomic E-state index is 14.1. The number of fused-ring (bicyclic) bond motifs is 1. The molecule has 2 saturated heterocycles. The second-order valence-electron chi connectivity index (χ2n) is 13.5. The Balaban J connectivity index is 1.22. The summed E-state index contributed by atoms with van der Waals surface area (Å²) in [5.74, 6) is -0.353. The number of nitrogens with one attached hydrogen (secondary N) is 1. The van der Waals surface area contributed by atoms with Crippen molar-refractivity contribution in [3.63, 3.8) is 0 Å². The molecule has 3 aliphatic rings. The van der Waals surface area contributed by atoms with Crippen LogP contribution in [-0.4, -0.2) is 100 Å². The number of nitrogens with zero attached hydrogens (tertiary/aromatic N) is 5. The maximum Gasteiger partial charge on any atom is 0.416 e. The van der Waals surface area contributed by atoms with Gasteiger partial charge >= 0.3 is 6.18 Å². The van der Waals surface area contributed by atoms with Gasteiger partial charge in [-0.15, -0.1) is 0 Å². The van der Waals surface area contributed by atoms with Gasteiger partial charge in [0.1, 0.15) is 0 Å². The summed E-state index contributed by atoms with van der Waals surface area (Å²) in [7, 11) is -3.58. The first kappa shape index (κ1) is 36.7. The molecule has 2 aromatic carbocycles. The predicted octanol–water partition coefficient (Wildman–Crippen LogP) is 3.66. The number of halogens is 3. The molecule has 1 unspecified atom stereocenters. The lowest BCUT2D eigenvalue weighted by atomic mass is 9.97. The van der Waals surface area contributed by atoms with E-state index >= 15 is 0 Å². The number of piperidine rings is 1. The Morgan fingerprint density at radius 1 is 1.06 bits per heavy atom. The minimum atomic E-state index is -4.69. The Morgan fingerprint density at radius 3 is 2.47 bits per heavy atom. The van der Waals surface area contributed by atoms with E-state index in [-0.39, 0.29) is 37.1 Å². The van der Waals surface area contributed by atoms with E-state index in [0.29, 0.717) is 36.2 Å². The zero-order valence-corrected chi connectivity index (χ0v) is 29.3. The molecular formula is C36H43F3N6O5S. The van der Waals surface area contributed by atoms with Crippen LogP contribution in [0.3, 0.4) is 0 Å². The van der Waals surface area contributed by atoms with Gasteiger partial charge in [-0.2, -0.15) is 22.6 Å². The number of likely N-dealkylation sites (tertiary alicyclic amines) is 2. The number of hydrogen-bond donors (Lipinski definition) is 2. The van der Waals surface area contributed by atoms with E-state index in [2.05, 4.69) is 10.2 Å². The first-order valence-electron chi connectivity index (χ1n) is 17.2. The molecule has 0 saturated carbocycles. The lowest BCUT2D eigenvalue weighted by molar-refractivity contribution is -0.138. The molecule has 2 fully saturated rings. The molecule has 274 valence electrons. The summed E-state index contributed by atoms with van der Waals surface area (Å²) in [6.07, 6.45) is 1.91. The van der Waals surface area contributed by atoms with Gasteiger partial charge in [-0.3, -0.25) is 14.3 Å². The molecule has 1 atom stereocenters. The number of sulfonamides is 1. The third-order valence-electron chi connectivity index (χ3n) is 9.89. The smallest absolute Gasteiger partial charge is 0.390 e. The molecule has 3 aromatic rings. The molecule has 2 N–H and O–H groups in total. The van der Waals surface area contributed by atoms with Crippen molar-refractivity contribution in [2.45, 2.75) is 70.1 Å². The molecule has 0 bridgehead atoms. The van der Waals surface area contributed by atoms with Gasteiger partial charge in [0.05, 0.1) is 30.2 Å². The van der Waals surface area contributed by atoms with Crippen molar-refractivity contribution in [1.29, 1.82) is 0 Å². The van der Waals surface area contributed by atoms with Crippen LogP contribution in [-0.2, 0) is 51.8 Å². The van der Waals surface area contributed by atoms with Crippen LogP contribution in [0.1, 0.15) is 53.6 Å². The van der Waals surface area contributed by atoms with Gasteiger partial charge in [-0.05, 0) is 48.6 Å². The maximum atomic E-state index is 14.1. The summed E-state index contributed by atoms with van der Waals surface area (Å²) < 4.78 is 70.4. The lowest BCUT2D eigenvalue weighted by Gasteiger charge is -2.37. The number of hydrogen-bond acceptors (Lipinski definition) is 7. The van der Waals surface area contributed by atoms with E-state index in [1.54, 1.807) is 35.0 Å². The summed E-state index contributed by atoms with van der Waals surface area (Å²) >= 11 is 0. The summed E-state index contributed by atoms with van der Waals surface area (Å²) in [4.78, 5) is 28.9. The molecule has 0 aliphatic carbocycles. The largest absolute Gasteiger partial charge is 0.416 e. The fourth-order valence-electron chi connectivity index (χ4n) is 7.30. The Kier molecular flexibility index (Phi) is 11.0. The topological polar surface area (TPSA) is 128 Å². The molecular weight excluding hydrogens is 685 g/mol. The number of aromatic nitrogens is 2. The van der Waals surface area contributed by atoms with Gasteiger partial charge in [0.15, 0.2) is 0 Å². The van der Waals surface area contributed by atoms with Crippen LogP contribution >= 0.6 is 0 Å². The molecule has 1 aromatic heterocycles. The first-order chi connectivity index (χ1) is 24.3. The summed E-state index contributed by atoms with van der Waals surface area (Å²) in [5, 5.41) is 18.5. The van der Waals surface area contributed by atoms with Gasteiger partial charge in [-0.25, -0.2) is 8.42 Å². The summed E-state index contributed by atoms with van der Waals surface area (Å²) in [6.45, 7) is 2.56. The highest BCUT2D eigenvalue weighted by Gasteiger charge is 2.35. The van der Waals surface area contributed by atoms with Crippen molar-refractivity contribution >= 4 is 27.9 Å². The van der Waals surface area contributed by atoms with E-state index in [1.165, 1.54) is 22.5 Å². The van der Waals surface area contributed by atoms with Crippen molar-refractivity contribution in [3.05, 3.63) is 82.6 Å². The van der Waals surface area contributed by atoms with Crippen LogP contribution in [0.4, 0.5) is 13.2 Å². The van der Waals surface area contributed by atoms with Crippen molar-refractivity contribution in [3.8, 4) is 11.3 Å².